The summed E-state index contributed by atoms with van der Waals surface area (Å²) in [7, 11) is 0. The van der Waals surface area contributed by atoms with Crippen LogP contribution in [-0.4, -0.2) is 21.3 Å². The summed E-state index contributed by atoms with van der Waals surface area (Å²) < 4.78 is 0.156. The lowest BCUT2D eigenvalue weighted by Crippen LogP contribution is -2.26. The van der Waals surface area contributed by atoms with Gasteiger partial charge in [0.25, 0.3) is 0 Å². The molecule has 0 unspecified atom stereocenters. The minimum atomic E-state index is -2.64. The van der Waals surface area contributed by atoms with Crippen molar-refractivity contribution in [2.45, 2.75) is 32.2 Å². The molecule has 0 aliphatic heterocycles. The van der Waals surface area contributed by atoms with E-state index in [0.717, 1.165) is 19.3 Å². The molecule has 0 atom stereocenters. The lowest BCUT2D eigenvalue weighted by Gasteiger charge is -2.12. The van der Waals surface area contributed by atoms with Crippen LogP contribution in [0.5, 0.6) is 0 Å². The lowest BCUT2D eigenvalue weighted by atomic mass is 10.2. The molecule has 0 radical (unpaired) electrons. The van der Waals surface area contributed by atoms with Crippen molar-refractivity contribution < 1.29 is 15.3 Å². The van der Waals surface area contributed by atoms with Gasteiger partial charge >= 0.3 is 5.97 Å². The maximum absolute atomic E-state index is 8.62. The highest BCUT2D eigenvalue weighted by Crippen LogP contribution is 2.18. The van der Waals surface area contributed by atoms with Gasteiger partial charge in [-0.25, -0.2) is 0 Å². The Morgan fingerprint density at radius 2 is 2.00 bits per heavy atom. The molecular weight excluding hydrogens is 259 g/mol. The molecule has 0 aromatic carbocycles. The Kier molecular flexibility index (Phi) is 5.24. The Bertz CT molecular complexity index is 137. The van der Waals surface area contributed by atoms with Crippen LogP contribution in [0, 0.1) is 0 Å². The molecule has 0 heterocycles. The monoisotopic (exact) mass is 272 g/mol. The predicted octanol–water partition coefficient (Wildman–Crippen LogP) is 1.13. The van der Waals surface area contributed by atoms with Crippen LogP contribution < -0.4 is 0 Å². The molecule has 0 spiro atoms. The molecule has 66 valence electrons. The van der Waals surface area contributed by atoms with Gasteiger partial charge in [0.1, 0.15) is 0 Å². The summed E-state index contributed by atoms with van der Waals surface area (Å²) >= 11 is 1.70. The van der Waals surface area contributed by atoms with Crippen LogP contribution in [0.15, 0.2) is 9.66 Å². The van der Waals surface area contributed by atoms with Crippen LogP contribution in [0.1, 0.15) is 26.2 Å². The summed E-state index contributed by atoms with van der Waals surface area (Å²) in [6.07, 6.45) is 4.42. The zero-order valence-corrected chi connectivity index (χ0v) is 8.58. The predicted molar refractivity (Wildman–Crippen MR) is 51.0 cm³/mol. The SMILES string of the molecule is CCCC/C=C(\I)C(O)(O)O. The molecule has 0 rings (SSSR count). The highest BCUT2D eigenvalue weighted by Gasteiger charge is 2.21. The zero-order valence-electron chi connectivity index (χ0n) is 6.42. The average Bonchev–Trinajstić information content (AvgIpc) is 1.86. The van der Waals surface area contributed by atoms with Gasteiger partial charge in [0.05, 0.1) is 3.58 Å². The van der Waals surface area contributed by atoms with Gasteiger partial charge < -0.3 is 15.3 Å². The van der Waals surface area contributed by atoms with Crippen LogP contribution in [0.3, 0.4) is 0 Å². The maximum atomic E-state index is 8.62. The topological polar surface area (TPSA) is 60.7 Å². The van der Waals surface area contributed by atoms with Crippen molar-refractivity contribution in [2.24, 2.45) is 0 Å². The van der Waals surface area contributed by atoms with E-state index in [9.17, 15) is 0 Å². The lowest BCUT2D eigenvalue weighted by molar-refractivity contribution is -0.274. The van der Waals surface area contributed by atoms with E-state index in [0.29, 0.717) is 0 Å². The van der Waals surface area contributed by atoms with E-state index in [1.54, 1.807) is 28.7 Å². The molecular formula is C7H13IO3. The van der Waals surface area contributed by atoms with Crippen LogP contribution >= 0.6 is 22.6 Å². The quantitative estimate of drug-likeness (QED) is 0.408. The number of hydrogen-bond acceptors (Lipinski definition) is 3. The standard InChI is InChI=1S/C7H13IO3/c1-2-3-4-5-6(8)7(9,10)11/h5,9-11H,2-4H2,1H3/b6-5-. The fourth-order valence-electron chi connectivity index (χ4n) is 0.570. The van der Waals surface area contributed by atoms with Gasteiger partial charge in [0.2, 0.25) is 0 Å². The number of halogens is 1. The first-order valence-corrected chi connectivity index (χ1v) is 4.59. The molecule has 4 heteroatoms. The first-order chi connectivity index (χ1) is 4.98. The van der Waals surface area contributed by atoms with E-state index >= 15 is 0 Å². The number of rotatable bonds is 4. The fraction of sp³-hybridized carbons (Fsp3) is 0.714. The number of aliphatic hydroxyl groups is 3. The van der Waals surface area contributed by atoms with Gasteiger partial charge in [-0.2, -0.15) is 0 Å². The van der Waals surface area contributed by atoms with E-state index in [1.807, 2.05) is 6.92 Å². The van der Waals surface area contributed by atoms with Crippen molar-refractivity contribution >= 4 is 22.6 Å². The van der Waals surface area contributed by atoms with E-state index < -0.39 is 5.97 Å². The van der Waals surface area contributed by atoms with Crippen LogP contribution in [0.4, 0.5) is 0 Å². The largest absolute Gasteiger partial charge is 0.339 e. The van der Waals surface area contributed by atoms with Crippen LogP contribution in [-0.2, 0) is 0 Å². The smallest absolute Gasteiger partial charge is 0.310 e. The second kappa shape index (κ2) is 5.08. The zero-order chi connectivity index (χ0) is 8.91. The van der Waals surface area contributed by atoms with E-state index in [-0.39, 0.29) is 3.58 Å². The molecule has 0 aromatic heterocycles. The third-order valence-electron chi connectivity index (χ3n) is 1.20. The first kappa shape index (κ1) is 11.4. The molecule has 0 saturated carbocycles. The Hall–Kier alpha value is 0.350. The Morgan fingerprint density at radius 3 is 2.36 bits per heavy atom. The average molecular weight is 272 g/mol. The third kappa shape index (κ3) is 5.60. The summed E-state index contributed by atoms with van der Waals surface area (Å²) in [5.74, 6) is -2.64. The summed E-state index contributed by atoms with van der Waals surface area (Å²) in [5, 5.41) is 25.9. The van der Waals surface area contributed by atoms with Gasteiger partial charge in [-0.1, -0.05) is 25.8 Å². The van der Waals surface area contributed by atoms with E-state index in [1.165, 1.54) is 0 Å². The molecule has 3 N–H and O–H groups in total. The normalized spacial score (nSPS) is 13.7. The molecule has 0 amide bonds. The first-order valence-electron chi connectivity index (χ1n) is 3.51. The fourth-order valence-corrected chi connectivity index (χ4v) is 0.881. The van der Waals surface area contributed by atoms with Gasteiger partial charge in [0, 0.05) is 0 Å². The van der Waals surface area contributed by atoms with Crippen molar-refractivity contribution in [2.75, 3.05) is 0 Å². The Labute approximate surface area is 79.9 Å². The summed E-state index contributed by atoms with van der Waals surface area (Å²) in [6, 6.07) is 0. The Morgan fingerprint density at radius 1 is 1.45 bits per heavy atom. The summed E-state index contributed by atoms with van der Waals surface area (Å²) in [4.78, 5) is 0. The molecule has 11 heavy (non-hydrogen) atoms. The number of unbranched alkanes of at least 4 members (excludes halogenated alkanes) is 2. The summed E-state index contributed by atoms with van der Waals surface area (Å²) in [5.41, 5.74) is 0. The van der Waals surface area contributed by atoms with E-state index in [2.05, 4.69) is 0 Å². The Balaban J connectivity index is 3.81. The molecule has 0 bridgehead atoms. The molecule has 0 aliphatic carbocycles. The minimum Gasteiger partial charge on any atom is -0.339 e. The molecule has 0 fully saturated rings. The molecule has 3 nitrogen and oxygen atoms in total. The number of hydrogen-bond donors (Lipinski definition) is 3. The second-order valence-corrected chi connectivity index (χ2v) is 3.49. The third-order valence-corrected chi connectivity index (χ3v) is 2.37. The van der Waals surface area contributed by atoms with Crippen LogP contribution in [0.2, 0.25) is 0 Å². The molecule has 0 saturated heterocycles. The van der Waals surface area contributed by atoms with Crippen LogP contribution in [0.25, 0.3) is 0 Å². The maximum Gasteiger partial charge on any atom is 0.310 e. The highest BCUT2D eigenvalue weighted by molar-refractivity contribution is 14.1. The van der Waals surface area contributed by atoms with Crippen molar-refractivity contribution in [3.63, 3.8) is 0 Å². The minimum absolute atomic E-state index is 0.156. The molecule has 0 aliphatic rings. The molecule has 0 aromatic rings. The summed E-state index contributed by atoms with van der Waals surface area (Å²) in [6.45, 7) is 2.05. The van der Waals surface area contributed by atoms with Crippen molar-refractivity contribution in [3.8, 4) is 0 Å². The van der Waals surface area contributed by atoms with Crippen molar-refractivity contribution in [1.29, 1.82) is 0 Å². The van der Waals surface area contributed by atoms with Gasteiger partial charge in [-0.05, 0) is 29.0 Å². The van der Waals surface area contributed by atoms with Crippen molar-refractivity contribution in [1.82, 2.24) is 0 Å². The van der Waals surface area contributed by atoms with Gasteiger partial charge in [-0.3, -0.25) is 0 Å². The van der Waals surface area contributed by atoms with Crippen molar-refractivity contribution in [3.05, 3.63) is 9.66 Å². The number of allylic oxidation sites excluding steroid dienone is 1. The highest BCUT2D eigenvalue weighted by atomic mass is 127. The second-order valence-electron chi connectivity index (χ2n) is 2.33. The van der Waals surface area contributed by atoms with Gasteiger partial charge in [0.15, 0.2) is 0 Å². The van der Waals surface area contributed by atoms with Gasteiger partial charge in [-0.15, -0.1) is 0 Å². The van der Waals surface area contributed by atoms with E-state index in [4.69, 9.17) is 15.3 Å².